The van der Waals surface area contributed by atoms with E-state index in [-0.39, 0.29) is 10.6 Å². The molecule has 0 aliphatic carbocycles. The van der Waals surface area contributed by atoms with E-state index in [2.05, 4.69) is 4.72 Å². The highest BCUT2D eigenvalue weighted by Crippen LogP contribution is 2.39. The molecule has 35 heavy (non-hydrogen) atoms. The van der Waals surface area contributed by atoms with Gasteiger partial charge in [0.15, 0.2) is 0 Å². The molecule has 1 N–H and O–H groups in total. The summed E-state index contributed by atoms with van der Waals surface area (Å²) in [6, 6.07) is 15.3. The summed E-state index contributed by atoms with van der Waals surface area (Å²) in [4.78, 5) is 1.85. The van der Waals surface area contributed by atoms with E-state index in [0.717, 1.165) is 18.2 Å². The Morgan fingerprint density at radius 1 is 1.03 bits per heavy atom. The maximum absolute atomic E-state index is 13.5. The monoisotopic (exact) mass is 526 g/mol. The van der Waals surface area contributed by atoms with E-state index in [1.54, 1.807) is 24.3 Å². The molecule has 1 saturated heterocycles. The van der Waals surface area contributed by atoms with Crippen LogP contribution in [-0.4, -0.2) is 39.6 Å². The molecule has 186 valence electrons. The van der Waals surface area contributed by atoms with Crippen molar-refractivity contribution in [2.24, 2.45) is 0 Å². The van der Waals surface area contributed by atoms with Gasteiger partial charge < -0.3 is 14.4 Å². The lowest BCUT2D eigenvalue weighted by Gasteiger charge is -2.19. The van der Waals surface area contributed by atoms with E-state index in [0.29, 0.717) is 36.0 Å². The van der Waals surface area contributed by atoms with Crippen molar-refractivity contribution in [2.75, 3.05) is 24.9 Å². The summed E-state index contributed by atoms with van der Waals surface area (Å²) in [5.41, 5.74) is -1.01. The van der Waals surface area contributed by atoms with Gasteiger partial charge in [0.25, 0.3) is 10.0 Å². The highest BCUT2D eigenvalue weighted by molar-refractivity contribution is 7.92. The number of anilines is 1. The number of rotatable bonds is 7. The third-order valence-electron chi connectivity index (χ3n) is 5.38. The number of para-hydroxylation sites is 1. The van der Waals surface area contributed by atoms with Crippen molar-refractivity contribution in [1.29, 1.82) is 0 Å². The standard InChI is InChI=1S/C24H22ClF3N2O4S/c1-30-13-12-18(15-30)34-23-14-16(6-11-20(23)24(26,27)28)29-35(31,32)19-9-7-17(8-10-19)33-22-5-3-2-4-21(22)25/h2-11,14,18,29H,12-13,15H2,1H3. The third kappa shape index (κ3) is 6.19. The Morgan fingerprint density at radius 2 is 1.74 bits per heavy atom. The number of likely N-dealkylation sites (tertiary alicyclic amines) is 1. The zero-order valence-corrected chi connectivity index (χ0v) is 20.1. The zero-order valence-electron chi connectivity index (χ0n) is 18.5. The van der Waals surface area contributed by atoms with Gasteiger partial charge in [-0.05, 0) is 62.0 Å². The lowest BCUT2D eigenvalue weighted by Crippen LogP contribution is -2.23. The quantitative estimate of drug-likeness (QED) is 0.407. The van der Waals surface area contributed by atoms with Gasteiger partial charge in [0.2, 0.25) is 0 Å². The summed E-state index contributed by atoms with van der Waals surface area (Å²) < 4.78 is 79.8. The molecule has 3 aromatic rings. The van der Waals surface area contributed by atoms with E-state index < -0.39 is 33.6 Å². The summed E-state index contributed by atoms with van der Waals surface area (Å²) >= 11 is 6.07. The lowest BCUT2D eigenvalue weighted by molar-refractivity contribution is -0.139. The van der Waals surface area contributed by atoms with E-state index in [4.69, 9.17) is 21.1 Å². The van der Waals surface area contributed by atoms with Crippen molar-refractivity contribution in [3.8, 4) is 17.2 Å². The first-order chi connectivity index (χ1) is 16.5. The summed E-state index contributed by atoms with van der Waals surface area (Å²) in [6.45, 7) is 1.18. The molecule has 1 fully saturated rings. The molecule has 1 aliphatic rings. The normalized spacial score (nSPS) is 16.8. The molecule has 1 unspecified atom stereocenters. The van der Waals surface area contributed by atoms with Gasteiger partial charge in [-0.1, -0.05) is 23.7 Å². The molecule has 0 bridgehead atoms. The highest BCUT2D eigenvalue weighted by Gasteiger charge is 2.36. The van der Waals surface area contributed by atoms with Crippen molar-refractivity contribution < 1.29 is 31.1 Å². The van der Waals surface area contributed by atoms with Crippen molar-refractivity contribution in [1.82, 2.24) is 4.90 Å². The fraction of sp³-hybridized carbons (Fsp3) is 0.250. The molecule has 0 saturated carbocycles. The first kappa shape index (κ1) is 25.2. The van der Waals surface area contributed by atoms with Crippen molar-refractivity contribution in [3.63, 3.8) is 0 Å². The Labute approximate surface area is 206 Å². The number of sulfonamides is 1. The van der Waals surface area contributed by atoms with Crippen LogP contribution in [0, 0.1) is 0 Å². The van der Waals surface area contributed by atoms with Crippen LogP contribution in [0.3, 0.4) is 0 Å². The Morgan fingerprint density at radius 3 is 2.37 bits per heavy atom. The minimum atomic E-state index is -4.64. The molecule has 1 atom stereocenters. The fourth-order valence-electron chi connectivity index (χ4n) is 3.64. The number of hydrogen-bond acceptors (Lipinski definition) is 5. The summed E-state index contributed by atoms with van der Waals surface area (Å²) in [7, 11) is -2.24. The second kappa shape index (κ2) is 9.96. The Kier molecular flexibility index (Phi) is 7.16. The van der Waals surface area contributed by atoms with E-state index in [1.807, 2.05) is 11.9 Å². The largest absolute Gasteiger partial charge is 0.488 e. The number of hydrogen-bond donors (Lipinski definition) is 1. The molecule has 1 heterocycles. The number of benzene rings is 3. The fourth-order valence-corrected chi connectivity index (χ4v) is 4.87. The molecular formula is C24H22ClF3N2O4S. The molecule has 0 radical (unpaired) electrons. The number of ether oxygens (including phenoxy) is 2. The Bertz CT molecular complexity index is 1300. The maximum Gasteiger partial charge on any atom is 0.419 e. The lowest BCUT2D eigenvalue weighted by atomic mass is 10.1. The van der Waals surface area contributed by atoms with Crippen molar-refractivity contribution in [3.05, 3.63) is 77.3 Å². The van der Waals surface area contributed by atoms with Gasteiger partial charge in [0.1, 0.15) is 23.4 Å². The summed E-state index contributed by atoms with van der Waals surface area (Å²) in [5.74, 6) is 0.360. The molecule has 1 aliphatic heterocycles. The summed E-state index contributed by atoms with van der Waals surface area (Å²) in [5, 5.41) is 0.399. The van der Waals surface area contributed by atoms with Crippen LogP contribution in [0.2, 0.25) is 5.02 Å². The van der Waals surface area contributed by atoms with E-state index in [9.17, 15) is 21.6 Å². The van der Waals surface area contributed by atoms with Crippen molar-refractivity contribution >= 4 is 27.3 Å². The predicted octanol–water partition coefficient (Wildman–Crippen LogP) is 6.03. The van der Waals surface area contributed by atoms with E-state index in [1.165, 1.54) is 24.3 Å². The molecule has 6 nitrogen and oxygen atoms in total. The first-order valence-electron chi connectivity index (χ1n) is 10.6. The van der Waals surface area contributed by atoms with Crippen LogP contribution in [0.4, 0.5) is 18.9 Å². The number of nitrogens with one attached hydrogen (secondary N) is 1. The molecule has 11 heteroatoms. The van der Waals surface area contributed by atoms with Gasteiger partial charge in [-0.2, -0.15) is 13.2 Å². The first-order valence-corrected chi connectivity index (χ1v) is 12.5. The van der Waals surface area contributed by atoms with Gasteiger partial charge in [-0.3, -0.25) is 4.72 Å². The third-order valence-corrected chi connectivity index (χ3v) is 7.09. The molecule has 0 aromatic heterocycles. The van der Waals surface area contributed by atoms with Crippen LogP contribution in [0.25, 0.3) is 0 Å². The number of nitrogens with zero attached hydrogens (tertiary/aromatic N) is 1. The smallest absolute Gasteiger partial charge is 0.419 e. The molecule has 3 aromatic carbocycles. The molecular weight excluding hydrogens is 505 g/mol. The minimum Gasteiger partial charge on any atom is -0.488 e. The van der Waals surface area contributed by atoms with Gasteiger partial charge >= 0.3 is 6.18 Å². The predicted molar refractivity (Wildman–Crippen MR) is 127 cm³/mol. The van der Waals surface area contributed by atoms with Crippen LogP contribution in [-0.2, 0) is 16.2 Å². The van der Waals surface area contributed by atoms with Gasteiger partial charge in [0.05, 0.1) is 21.2 Å². The van der Waals surface area contributed by atoms with Crippen LogP contribution in [0.5, 0.6) is 17.2 Å². The van der Waals surface area contributed by atoms with Crippen LogP contribution >= 0.6 is 11.6 Å². The second-order valence-electron chi connectivity index (χ2n) is 8.11. The average Bonchev–Trinajstić information content (AvgIpc) is 3.19. The molecule has 4 rings (SSSR count). The zero-order chi connectivity index (χ0) is 25.2. The number of alkyl halides is 3. The van der Waals surface area contributed by atoms with E-state index >= 15 is 0 Å². The van der Waals surface area contributed by atoms with Gasteiger partial charge in [-0.25, -0.2) is 8.42 Å². The Hall–Kier alpha value is -2.95. The summed E-state index contributed by atoms with van der Waals surface area (Å²) in [6.07, 6.45) is -4.49. The number of likely N-dealkylation sites (N-methyl/N-ethyl adjacent to an activating group) is 1. The maximum atomic E-state index is 13.5. The number of halogens is 4. The van der Waals surface area contributed by atoms with Gasteiger partial charge in [0, 0.05) is 19.2 Å². The average molecular weight is 527 g/mol. The topological polar surface area (TPSA) is 67.9 Å². The SMILES string of the molecule is CN1CCC(Oc2cc(NS(=O)(=O)c3ccc(Oc4ccccc4Cl)cc3)ccc2C(F)(F)F)C1. The molecule has 0 amide bonds. The second-order valence-corrected chi connectivity index (χ2v) is 10.2. The molecule has 0 spiro atoms. The van der Waals surface area contributed by atoms with Crippen molar-refractivity contribution in [2.45, 2.75) is 23.6 Å². The van der Waals surface area contributed by atoms with Crippen LogP contribution in [0.15, 0.2) is 71.6 Å². The van der Waals surface area contributed by atoms with Crippen LogP contribution in [0.1, 0.15) is 12.0 Å². The Balaban J connectivity index is 1.53. The van der Waals surface area contributed by atoms with Crippen LogP contribution < -0.4 is 14.2 Å². The van der Waals surface area contributed by atoms with Gasteiger partial charge in [-0.15, -0.1) is 0 Å². The highest BCUT2D eigenvalue weighted by atomic mass is 35.5. The minimum absolute atomic E-state index is 0.0456.